The third-order valence-corrected chi connectivity index (χ3v) is 4.84. The standard InChI is InChI=1S/C24H20N2O6/c1-15(27)26(2)17-7-5-16(6-8-17)25-23(28)14-31-19-9-10-20-21(12-19)32-22(24(20)29)13-18-4-3-11-30-18/h3-13H,14H2,1-2H3,(H,25,28). The Kier molecular flexibility index (Phi) is 5.76. The molecule has 0 saturated heterocycles. The molecule has 0 saturated carbocycles. The lowest BCUT2D eigenvalue weighted by Gasteiger charge is -2.15. The quantitative estimate of drug-likeness (QED) is 0.594. The predicted octanol–water partition coefficient (Wildman–Crippen LogP) is 3.90. The summed E-state index contributed by atoms with van der Waals surface area (Å²) < 4.78 is 16.4. The smallest absolute Gasteiger partial charge is 0.262 e. The summed E-state index contributed by atoms with van der Waals surface area (Å²) in [4.78, 5) is 37.6. The van der Waals surface area contributed by atoms with Crippen molar-refractivity contribution in [3.63, 3.8) is 0 Å². The van der Waals surface area contributed by atoms with Gasteiger partial charge in [-0.05, 0) is 48.5 Å². The van der Waals surface area contributed by atoms with Crippen LogP contribution in [0.25, 0.3) is 6.08 Å². The van der Waals surface area contributed by atoms with Crippen molar-refractivity contribution in [3.8, 4) is 11.5 Å². The van der Waals surface area contributed by atoms with Crippen molar-refractivity contribution in [1.29, 1.82) is 0 Å². The number of Topliss-reactive ketones (excluding diaryl/α,β-unsaturated/α-hetero) is 1. The predicted molar refractivity (Wildman–Crippen MR) is 118 cm³/mol. The Bertz CT molecular complexity index is 1200. The molecule has 0 atom stereocenters. The fraction of sp³-hybridized carbons (Fsp3) is 0.125. The Morgan fingerprint density at radius 2 is 1.91 bits per heavy atom. The van der Waals surface area contributed by atoms with E-state index in [9.17, 15) is 14.4 Å². The van der Waals surface area contributed by atoms with E-state index in [-0.39, 0.29) is 30.0 Å². The molecule has 0 unspecified atom stereocenters. The molecule has 2 amide bonds. The number of hydrogen-bond acceptors (Lipinski definition) is 6. The van der Waals surface area contributed by atoms with Crippen molar-refractivity contribution in [2.75, 3.05) is 23.9 Å². The largest absolute Gasteiger partial charge is 0.484 e. The highest BCUT2D eigenvalue weighted by Crippen LogP contribution is 2.35. The second-order valence-corrected chi connectivity index (χ2v) is 7.07. The number of nitrogens with one attached hydrogen (secondary N) is 1. The fourth-order valence-electron chi connectivity index (χ4n) is 3.06. The van der Waals surface area contributed by atoms with Crippen molar-refractivity contribution >= 4 is 35.0 Å². The van der Waals surface area contributed by atoms with Gasteiger partial charge < -0.3 is 24.1 Å². The van der Waals surface area contributed by atoms with Crippen LogP contribution in [-0.2, 0) is 9.59 Å². The van der Waals surface area contributed by atoms with E-state index in [1.165, 1.54) is 24.2 Å². The van der Waals surface area contributed by atoms with Crippen molar-refractivity contribution in [2.24, 2.45) is 0 Å². The number of ether oxygens (including phenoxy) is 2. The van der Waals surface area contributed by atoms with Gasteiger partial charge >= 0.3 is 0 Å². The zero-order valence-corrected chi connectivity index (χ0v) is 17.5. The van der Waals surface area contributed by atoms with Crippen LogP contribution in [0.2, 0.25) is 0 Å². The number of rotatable bonds is 6. The summed E-state index contributed by atoms with van der Waals surface area (Å²) >= 11 is 0. The van der Waals surface area contributed by atoms with Crippen LogP contribution in [0.5, 0.6) is 11.5 Å². The molecular weight excluding hydrogens is 412 g/mol. The first-order valence-electron chi connectivity index (χ1n) is 9.79. The summed E-state index contributed by atoms with van der Waals surface area (Å²) in [6.45, 7) is 1.25. The number of benzene rings is 2. The van der Waals surface area contributed by atoms with Crippen LogP contribution in [0.1, 0.15) is 23.0 Å². The van der Waals surface area contributed by atoms with Gasteiger partial charge in [0.15, 0.2) is 12.4 Å². The summed E-state index contributed by atoms with van der Waals surface area (Å²) in [5, 5.41) is 2.73. The zero-order valence-electron chi connectivity index (χ0n) is 17.5. The monoisotopic (exact) mass is 432 g/mol. The number of ketones is 1. The van der Waals surface area contributed by atoms with E-state index < -0.39 is 0 Å². The Hall–Kier alpha value is -4.33. The van der Waals surface area contributed by atoms with Gasteiger partial charge in [-0.25, -0.2) is 0 Å². The Morgan fingerprint density at radius 1 is 1.12 bits per heavy atom. The van der Waals surface area contributed by atoms with Gasteiger partial charge in [0.25, 0.3) is 5.91 Å². The molecule has 1 aliphatic rings. The zero-order chi connectivity index (χ0) is 22.7. The number of amides is 2. The molecule has 0 radical (unpaired) electrons. The van der Waals surface area contributed by atoms with Gasteiger partial charge in [0.2, 0.25) is 11.7 Å². The van der Waals surface area contributed by atoms with E-state index in [0.717, 1.165) is 5.69 Å². The van der Waals surface area contributed by atoms with Crippen molar-refractivity contribution in [2.45, 2.75) is 6.92 Å². The van der Waals surface area contributed by atoms with Gasteiger partial charge in [-0.1, -0.05) is 0 Å². The molecule has 0 spiro atoms. The molecule has 0 bridgehead atoms. The molecule has 8 nitrogen and oxygen atoms in total. The van der Waals surface area contributed by atoms with Crippen LogP contribution in [0.4, 0.5) is 11.4 Å². The molecule has 0 aliphatic carbocycles. The van der Waals surface area contributed by atoms with Gasteiger partial charge in [-0.3, -0.25) is 14.4 Å². The molecule has 32 heavy (non-hydrogen) atoms. The molecule has 1 N–H and O–H groups in total. The highest BCUT2D eigenvalue weighted by molar-refractivity contribution is 6.14. The van der Waals surface area contributed by atoms with Gasteiger partial charge in [0.05, 0.1) is 11.8 Å². The minimum Gasteiger partial charge on any atom is -0.484 e. The molecule has 0 fully saturated rings. The first kappa shape index (κ1) is 20.9. The normalized spacial score (nSPS) is 13.4. The van der Waals surface area contributed by atoms with E-state index in [2.05, 4.69) is 5.32 Å². The molecule has 4 rings (SSSR count). The number of fused-ring (bicyclic) bond motifs is 1. The lowest BCUT2D eigenvalue weighted by Crippen LogP contribution is -2.23. The first-order valence-corrected chi connectivity index (χ1v) is 9.79. The summed E-state index contributed by atoms with van der Waals surface area (Å²) in [7, 11) is 1.67. The number of furan rings is 1. The van der Waals surface area contributed by atoms with E-state index in [1.807, 2.05) is 0 Å². The van der Waals surface area contributed by atoms with Gasteiger partial charge in [0, 0.05) is 37.5 Å². The Morgan fingerprint density at radius 3 is 2.59 bits per heavy atom. The molecule has 162 valence electrons. The highest BCUT2D eigenvalue weighted by atomic mass is 16.5. The second kappa shape index (κ2) is 8.81. The minimum absolute atomic E-state index is 0.0845. The van der Waals surface area contributed by atoms with E-state index in [4.69, 9.17) is 13.9 Å². The number of anilines is 2. The topological polar surface area (TPSA) is 98.1 Å². The summed E-state index contributed by atoms with van der Waals surface area (Å²) in [6, 6.07) is 15.1. The first-order chi connectivity index (χ1) is 15.4. The van der Waals surface area contributed by atoms with E-state index >= 15 is 0 Å². The summed E-state index contributed by atoms with van der Waals surface area (Å²) in [5.74, 6) is 0.728. The molecule has 2 heterocycles. The van der Waals surface area contributed by atoms with Crippen LogP contribution in [0, 0.1) is 0 Å². The number of carbonyl (C=O) groups excluding carboxylic acids is 3. The van der Waals surface area contributed by atoms with Crippen LogP contribution in [-0.4, -0.2) is 31.3 Å². The molecule has 1 aromatic heterocycles. The maximum atomic E-state index is 12.4. The van der Waals surface area contributed by atoms with E-state index in [0.29, 0.717) is 28.5 Å². The van der Waals surface area contributed by atoms with Gasteiger partial charge in [-0.2, -0.15) is 0 Å². The molecule has 3 aromatic rings. The third-order valence-electron chi connectivity index (χ3n) is 4.84. The molecule has 2 aromatic carbocycles. The number of hydrogen-bond donors (Lipinski definition) is 1. The average Bonchev–Trinajstić information content (AvgIpc) is 3.40. The lowest BCUT2D eigenvalue weighted by atomic mass is 10.1. The summed E-state index contributed by atoms with van der Waals surface area (Å²) in [5.41, 5.74) is 1.71. The fourth-order valence-corrected chi connectivity index (χ4v) is 3.06. The molecule has 8 heteroatoms. The van der Waals surface area contributed by atoms with Crippen LogP contribution < -0.4 is 19.7 Å². The van der Waals surface area contributed by atoms with Gasteiger partial charge in [-0.15, -0.1) is 0 Å². The average molecular weight is 432 g/mol. The van der Waals surface area contributed by atoms with E-state index in [1.54, 1.807) is 61.6 Å². The Balaban J connectivity index is 1.35. The molecular formula is C24H20N2O6. The minimum atomic E-state index is -0.353. The van der Waals surface area contributed by atoms with Crippen molar-refractivity contribution < 1.29 is 28.3 Å². The Labute approximate surface area is 184 Å². The third kappa shape index (κ3) is 4.54. The van der Waals surface area contributed by atoms with Crippen LogP contribution in [0.15, 0.2) is 71.0 Å². The van der Waals surface area contributed by atoms with Crippen molar-refractivity contribution in [3.05, 3.63) is 77.9 Å². The summed E-state index contributed by atoms with van der Waals surface area (Å²) in [6.07, 6.45) is 3.03. The maximum Gasteiger partial charge on any atom is 0.262 e. The van der Waals surface area contributed by atoms with Crippen LogP contribution >= 0.6 is 0 Å². The van der Waals surface area contributed by atoms with Gasteiger partial charge in [0.1, 0.15) is 17.3 Å². The SMILES string of the molecule is CC(=O)N(C)c1ccc(NC(=O)COc2ccc3c(c2)OC(=Cc2ccco2)C3=O)cc1. The van der Waals surface area contributed by atoms with Crippen LogP contribution in [0.3, 0.4) is 0 Å². The number of allylic oxidation sites excluding steroid dienone is 1. The van der Waals surface area contributed by atoms with Crippen molar-refractivity contribution in [1.82, 2.24) is 0 Å². The number of carbonyl (C=O) groups is 3. The second-order valence-electron chi connectivity index (χ2n) is 7.07. The highest BCUT2D eigenvalue weighted by Gasteiger charge is 2.28. The maximum absolute atomic E-state index is 12.4. The molecule has 1 aliphatic heterocycles. The number of nitrogens with zero attached hydrogens (tertiary/aromatic N) is 1. The lowest BCUT2D eigenvalue weighted by molar-refractivity contribution is -0.118.